The van der Waals surface area contributed by atoms with Crippen molar-refractivity contribution in [2.24, 2.45) is 0 Å². The van der Waals surface area contributed by atoms with E-state index in [9.17, 15) is 4.79 Å². The van der Waals surface area contributed by atoms with Crippen molar-refractivity contribution in [1.29, 1.82) is 0 Å². The third-order valence-corrected chi connectivity index (χ3v) is 6.16. The van der Waals surface area contributed by atoms with E-state index in [0.29, 0.717) is 18.1 Å². The molecule has 1 amide bonds. The summed E-state index contributed by atoms with van der Waals surface area (Å²) in [5.74, 6) is 0.335. The number of fused-ring (bicyclic) bond motifs is 1. The standard InChI is InChI=1S/C29H36N4O2/c1-20(2)31-28(34)26-19-35-27(32-26)18-33(17-21-10-12-23(13-11-21)29(3,4)5)15-14-22-16-30-25-9-7-6-8-24(22)25/h6-13,16,19-20,30H,14-15,17-18H2,1-5H3,(H,31,34). The van der Waals surface area contributed by atoms with Crippen LogP contribution in [0.15, 0.2) is 65.4 Å². The minimum Gasteiger partial charge on any atom is -0.447 e. The molecule has 2 heterocycles. The van der Waals surface area contributed by atoms with E-state index in [0.717, 1.165) is 25.0 Å². The molecule has 0 bridgehead atoms. The maximum atomic E-state index is 12.3. The fourth-order valence-electron chi connectivity index (χ4n) is 4.21. The predicted octanol–water partition coefficient (Wildman–Crippen LogP) is 5.84. The van der Waals surface area contributed by atoms with E-state index in [1.807, 2.05) is 19.9 Å². The van der Waals surface area contributed by atoms with Gasteiger partial charge in [0.2, 0.25) is 5.89 Å². The number of carbonyl (C=O) groups is 1. The Kier molecular flexibility index (Phi) is 7.41. The predicted molar refractivity (Wildman–Crippen MR) is 140 cm³/mol. The van der Waals surface area contributed by atoms with Crippen molar-refractivity contribution in [2.45, 2.75) is 65.6 Å². The number of hydrogen-bond acceptors (Lipinski definition) is 4. The Balaban J connectivity index is 1.51. The second-order valence-electron chi connectivity index (χ2n) is 10.5. The van der Waals surface area contributed by atoms with Gasteiger partial charge in [-0.3, -0.25) is 9.69 Å². The molecule has 4 rings (SSSR count). The van der Waals surface area contributed by atoms with Crippen LogP contribution in [0, 0.1) is 0 Å². The van der Waals surface area contributed by atoms with E-state index in [1.165, 1.54) is 28.3 Å². The molecular weight excluding hydrogens is 436 g/mol. The van der Waals surface area contributed by atoms with Crippen molar-refractivity contribution in [2.75, 3.05) is 6.54 Å². The number of hydrogen-bond donors (Lipinski definition) is 2. The van der Waals surface area contributed by atoms with E-state index in [-0.39, 0.29) is 17.4 Å². The zero-order valence-corrected chi connectivity index (χ0v) is 21.4. The summed E-state index contributed by atoms with van der Waals surface area (Å²) in [6.07, 6.45) is 4.44. The van der Waals surface area contributed by atoms with Crippen LogP contribution in [0.25, 0.3) is 10.9 Å². The Morgan fingerprint density at radius 3 is 2.54 bits per heavy atom. The molecule has 184 valence electrons. The number of benzene rings is 2. The molecule has 6 heteroatoms. The molecular formula is C29H36N4O2. The highest BCUT2D eigenvalue weighted by molar-refractivity contribution is 5.92. The average molecular weight is 473 g/mol. The molecule has 0 saturated carbocycles. The molecule has 0 aliphatic heterocycles. The van der Waals surface area contributed by atoms with Gasteiger partial charge in [0, 0.05) is 36.2 Å². The third kappa shape index (κ3) is 6.40. The van der Waals surface area contributed by atoms with Crippen molar-refractivity contribution in [3.05, 3.63) is 89.3 Å². The Labute approximate surface area is 207 Å². The van der Waals surface area contributed by atoms with Gasteiger partial charge < -0.3 is 14.7 Å². The number of amides is 1. The van der Waals surface area contributed by atoms with Crippen molar-refractivity contribution in [3.63, 3.8) is 0 Å². The summed E-state index contributed by atoms with van der Waals surface area (Å²) in [4.78, 5) is 22.5. The van der Waals surface area contributed by atoms with Gasteiger partial charge >= 0.3 is 0 Å². The van der Waals surface area contributed by atoms with E-state index in [1.54, 1.807) is 0 Å². The zero-order valence-electron chi connectivity index (χ0n) is 21.4. The van der Waals surface area contributed by atoms with Crippen LogP contribution < -0.4 is 5.32 Å². The van der Waals surface area contributed by atoms with Crippen LogP contribution in [0.1, 0.15) is 67.7 Å². The average Bonchev–Trinajstić information content (AvgIpc) is 3.44. The monoisotopic (exact) mass is 472 g/mol. The van der Waals surface area contributed by atoms with Crippen LogP contribution in [0.4, 0.5) is 0 Å². The maximum Gasteiger partial charge on any atom is 0.273 e. The minimum absolute atomic E-state index is 0.0476. The molecule has 0 saturated heterocycles. The highest BCUT2D eigenvalue weighted by Gasteiger charge is 2.18. The largest absolute Gasteiger partial charge is 0.447 e. The molecule has 0 aliphatic rings. The first-order valence-corrected chi connectivity index (χ1v) is 12.3. The molecule has 2 aromatic heterocycles. The molecule has 2 aromatic carbocycles. The number of aromatic amines is 1. The van der Waals surface area contributed by atoms with Crippen LogP contribution in [-0.4, -0.2) is 33.4 Å². The van der Waals surface area contributed by atoms with Gasteiger partial charge in [0.25, 0.3) is 5.91 Å². The lowest BCUT2D eigenvalue weighted by molar-refractivity contribution is 0.0938. The van der Waals surface area contributed by atoms with Gasteiger partial charge in [-0.05, 0) is 48.4 Å². The number of nitrogens with one attached hydrogen (secondary N) is 2. The number of rotatable bonds is 9. The SMILES string of the molecule is CC(C)NC(=O)c1coc(CN(CCc2c[nH]c3ccccc23)Cc2ccc(C(C)(C)C)cc2)n1. The molecule has 2 N–H and O–H groups in total. The molecule has 35 heavy (non-hydrogen) atoms. The topological polar surface area (TPSA) is 74.2 Å². The van der Waals surface area contributed by atoms with Crippen molar-refractivity contribution < 1.29 is 9.21 Å². The summed E-state index contributed by atoms with van der Waals surface area (Å²) in [6.45, 7) is 12.7. The van der Waals surface area contributed by atoms with Gasteiger partial charge in [-0.1, -0.05) is 63.2 Å². The first-order chi connectivity index (χ1) is 16.7. The van der Waals surface area contributed by atoms with Crippen LogP contribution >= 0.6 is 0 Å². The molecule has 0 unspecified atom stereocenters. The Morgan fingerprint density at radius 1 is 1.09 bits per heavy atom. The van der Waals surface area contributed by atoms with E-state index in [2.05, 4.69) is 89.6 Å². The Morgan fingerprint density at radius 2 is 1.83 bits per heavy atom. The van der Waals surface area contributed by atoms with Crippen LogP contribution in [0.5, 0.6) is 0 Å². The maximum absolute atomic E-state index is 12.3. The second-order valence-corrected chi connectivity index (χ2v) is 10.5. The van der Waals surface area contributed by atoms with Crippen molar-refractivity contribution in [3.8, 4) is 0 Å². The van der Waals surface area contributed by atoms with Gasteiger partial charge in [0.1, 0.15) is 6.26 Å². The summed E-state index contributed by atoms with van der Waals surface area (Å²) in [5, 5.41) is 4.12. The highest BCUT2D eigenvalue weighted by atomic mass is 16.3. The molecule has 0 radical (unpaired) electrons. The summed E-state index contributed by atoms with van der Waals surface area (Å²) in [7, 11) is 0. The van der Waals surface area contributed by atoms with Crippen molar-refractivity contribution in [1.82, 2.24) is 20.2 Å². The number of aromatic nitrogens is 2. The van der Waals surface area contributed by atoms with Crippen LogP contribution in [0.2, 0.25) is 0 Å². The fraction of sp³-hybridized carbons (Fsp3) is 0.379. The third-order valence-electron chi connectivity index (χ3n) is 6.16. The summed E-state index contributed by atoms with van der Waals surface area (Å²) >= 11 is 0. The summed E-state index contributed by atoms with van der Waals surface area (Å²) in [5.41, 5.74) is 5.44. The normalized spacial score (nSPS) is 12.1. The minimum atomic E-state index is -0.210. The summed E-state index contributed by atoms with van der Waals surface area (Å²) in [6, 6.07) is 17.3. The Bertz CT molecular complexity index is 1260. The van der Waals surface area contributed by atoms with Gasteiger partial charge in [-0.2, -0.15) is 0 Å². The molecule has 0 spiro atoms. The Hall–Kier alpha value is -3.38. The van der Waals surface area contributed by atoms with Gasteiger partial charge in [0.15, 0.2) is 5.69 Å². The first kappa shape index (κ1) is 24.7. The first-order valence-electron chi connectivity index (χ1n) is 12.3. The van der Waals surface area contributed by atoms with Gasteiger partial charge in [-0.15, -0.1) is 0 Å². The lowest BCUT2D eigenvalue weighted by Gasteiger charge is -2.22. The fourth-order valence-corrected chi connectivity index (χ4v) is 4.21. The number of nitrogens with zero attached hydrogens (tertiary/aromatic N) is 2. The smallest absolute Gasteiger partial charge is 0.273 e. The second kappa shape index (κ2) is 10.5. The van der Waals surface area contributed by atoms with Crippen LogP contribution in [-0.2, 0) is 24.9 Å². The van der Waals surface area contributed by atoms with E-state index in [4.69, 9.17) is 4.42 Å². The van der Waals surface area contributed by atoms with Crippen molar-refractivity contribution >= 4 is 16.8 Å². The summed E-state index contributed by atoms with van der Waals surface area (Å²) < 4.78 is 5.69. The van der Waals surface area contributed by atoms with Gasteiger partial charge in [0.05, 0.1) is 6.54 Å². The molecule has 0 fully saturated rings. The quantitative estimate of drug-likeness (QED) is 0.321. The van der Waals surface area contributed by atoms with Crippen LogP contribution in [0.3, 0.4) is 0 Å². The lowest BCUT2D eigenvalue weighted by Crippen LogP contribution is -2.30. The molecule has 6 nitrogen and oxygen atoms in total. The zero-order chi connectivity index (χ0) is 25.0. The highest BCUT2D eigenvalue weighted by Crippen LogP contribution is 2.23. The molecule has 4 aromatic rings. The molecule has 0 aliphatic carbocycles. The number of carbonyl (C=O) groups excluding carboxylic acids is 1. The lowest BCUT2D eigenvalue weighted by atomic mass is 9.87. The van der Waals surface area contributed by atoms with Gasteiger partial charge in [-0.25, -0.2) is 4.98 Å². The molecule has 0 atom stereocenters. The van der Waals surface area contributed by atoms with E-state index >= 15 is 0 Å². The number of para-hydroxylation sites is 1. The number of oxazole rings is 1. The van der Waals surface area contributed by atoms with E-state index < -0.39 is 0 Å². The number of H-pyrrole nitrogens is 1.